The maximum absolute atomic E-state index is 12.1. The molecular formula is C21H18BrN3O3. The van der Waals surface area contributed by atoms with Crippen molar-refractivity contribution in [2.45, 2.75) is 20.5 Å². The summed E-state index contributed by atoms with van der Waals surface area (Å²) >= 11 is 3.40. The number of halogens is 1. The number of hydrogen-bond donors (Lipinski definition) is 1. The predicted octanol–water partition coefficient (Wildman–Crippen LogP) is 4.78. The van der Waals surface area contributed by atoms with Gasteiger partial charge in [-0.3, -0.25) is 0 Å². The van der Waals surface area contributed by atoms with Gasteiger partial charge in [0.2, 0.25) is 0 Å². The number of para-hydroxylation sites is 1. The number of nitriles is 1. The van der Waals surface area contributed by atoms with Crippen molar-refractivity contribution in [2.75, 3.05) is 6.61 Å². The molecule has 1 aromatic heterocycles. The van der Waals surface area contributed by atoms with Crippen LogP contribution in [0, 0.1) is 18.3 Å². The largest absolute Gasteiger partial charge is 0.487 e. The number of H-pyrrole nitrogens is 1. The minimum Gasteiger partial charge on any atom is -0.487 e. The molecule has 142 valence electrons. The van der Waals surface area contributed by atoms with E-state index in [1.54, 1.807) is 32.0 Å². The third-order valence-electron chi connectivity index (χ3n) is 4.04. The molecule has 1 N–H and O–H groups in total. The molecule has 0 saturated carbocycles. The van der Waals surface area contributed by atoms with Gasteiger partial charge in [0.25, 0.3) is 0 Å². The lowest BCUT2D eigenvalue weighted by molar-refractivity contribution is 0.0519. The standard InChI is InChI=1S/C21H18BrN3O3/c1-3-27-21(26)18-13(2)24-20(25-18)17-6-4-5-15(11-23)19(17)28-12-14-7-9-16(22)10-8-14/h4-10H,3,12H2,1-2H3,(H,24,25). The summed E-state index contributed by atoms with van der Waals surface area (Å²) in [5.74, 6) is 0.372. The zero-order chi connectivity index (χ0) is 20.1. The maximum atomic E-state index is 12.1. The normalized spacial score (nSPS) is 10.4. The van der Waals surface area contributed by atoms with Gasteiger partial charge in [0.05, 0.1) is 17.7 Å². The van der Waals surface area contributed by atoms with Gasteiger partial charge in [-0.1, -0.05) is 34.1 Å². The third kappa shape index (κ3) is 4.24. The van der Waals surface area contributed by atoms with Crippen LogP contribution in [0.1, 0.15) is 34.2 Å². The van der Waals surface area contributed by atoms with E-state index in [1.807, 2.05) is 24.3 Å². The highest BCUT2D eigenvalue weighted by Gasteiger charge is 2.20. The molecule has 0 fully saturated rings. The molecule has 0 unspecified atom stereocenters. The summed E-state index contributed by atoms with van der Waals surface area (Å²) in [6.07, 6.45) is 0. The molecule has 0 aliphatic rings. The Balaban J connectivity index is 1.96. The molecule has 3 aromatic rings. The Labute approximate surface area is 171 Å². The van der Waals surface area contributed by atoms with Crippen LogP contribution in [0.25, 0.3) is 11.4 Å². The van der Waals surface area contributed by atoms with Crippen molar-refractivity contribution in [3.63, 3.8) is 0 Å². The van der Waals surface area contributed by atoms with Crippen LogP contribution in [-0.4, -0.2) is 22.5 Å². The van der Waals surface area contributed by atoms with Gasteiger partial charge in [-0.15, -0.1) is 0 Å². The van der Waals surface area contributed by atoms with Crippen LogP contribution in [0.3, 0.4) is 0 Å². The number of ether oxygens (including phenoxy) is 2. The van der Waals surface area contributed by atoms with Crippen molar-refractivity contribution >= 4 is 21.9 Å². The lowest BCUT2D eigenvalue weighted by atomic mass is 10.1. The van der Waals surface area contributed by atoms with Crippen molar-refractivity contribution in [2.24, 2.45) is 0 Å². The number of aryl methyl sites for hydroxylation is 1. The fraction of sp³-hybridized carbons (Fsp3) is 0.190. The predicted molar refractivity (Wildman–Crippen MR) is 108 cm³/mol. The second-order valence-corrected chi connectivity index (χ2v) is 6.90. The van der Waals surface area contributed by atoms with Crippen LogP contribution in [0.4, 0.5) is 0 Å². The molecule has 6 nitrogen and oxygen atoms in total. The summed E-state index contributed by atoms with van der Waals surface area (Å²) in [4.78, 5) is 19.5. The first-order chi connectivity index (χ1) is 13.5. The number of aromatic amines is 1. The monoisotopic (exact) mass is 439 g/mol. The molecule has 2 aromatic carbocycles. The number of benzene rings is 2. The van der Waals surface area contributed by atoms with Crippen LogP contribution < -0.4 is 4.74 Å². The first-order valence-electron chi connectivity index (χ1n) is 8.68. The SMILES string of the molecule is CCOC(=O)c1nc(-c2cccc(C#N)c2OCc2ccc(Br)cc2)[nH]c1C. The van der Waals surface area contributed by atoms with Crippen molar-refractivity contribution < 1.29 is 14.3 Å². The summed E-state index contributed by atoms with van der Waals surface area (Å²) < 4.78 is 12.0. The Kier molecular flexibility index (Phi) is 6.12. The van der Waals surface area contributed by atoms with Crippen LogP contribution in [0.15, 0.2) is 46.9 Å². The van der Waals surface area contributed by atoms with Crippen molar-refractivity contribution in [1.82, 2.24) is 9.97 Å². The summed E-state index contributed by atoms with van der Waals surface area (Å²) in [6.45, 7) is 4.06. The number of nitrogens with zero attached hydrogens (tertiary/aromatic N) is 2. The van der Waals surface area contributed by atoms with Gasteiger partial charge in [-0.25, -0.2) is 9.78 Å². The van der Waals surface area contributed by atoms with E-state index in [4.69, 9.17) is 9.47 Å². The Morgan fingerprint density at radius 2 is 2.00 bits per heavy atom. The molecule has 0 bridgehead atoms. The first-order valence-corrected chi connectivity index (χ1v) is 9.47. The second-order valence-electron chi connectivity index (χ2n) is 5.99. The van der Waals surface area contributed by atoms with E-state index < -0.39 is 5.97 Å². The summed E-state index contributed by atoms with van der Waals surface area (Å²) in [6, 6.07) is 15.1. The van der Waals surface area contributed by atoms with Crippen molar-refractivity contribution in [3.8, 4) is 23.2 Å². The molecule has 1 heterocycles. The Morgan fingerprint density at radius 3 is 2.68 bits per heavy atom. The number of aromatic nitrogens is 2. The van der Waals surface area contributed by atoms with E-state index in [2.05, 4.69) is 32.0 Å². The zero-order valence-electron chi connectivity index (χ0n) is 15.5. The molecule has 0 atom stereocenters. The molecule has 0 amide bonds. The fourth-order valence-electron chi connectivity index (χ4n) is 2.69. The topological polar surface area (TPSA) is 88.0 Å². The zero-order valence-corrected chi connectivity index (χ0v) is 17.0. The third-order valence-corrected chi connectivity index (χ3v) is 4.57. The van der Waals surface area contributed by atoms with Gasteiger partial charge in [0.1, 0.15) is 24.3 Å². The number of hydrogen-bond acceptors (Lipinski definition) is 5. The van der Waals surface area contributed by atoms with Gasteiger partial charge in [0, 0.05) is 10.2 Å². The number of rotatable bonds is 6. The van der Waals surface area contributed by atoms with Gasteiger partial charge in [0.15, 0.2) is 5.69 Å². The lowest BCUT2D eigenvalue weighted by Gasteiger charge is -2.12. The molecular weight excluding hydrogens is 422 g/mol. The smallest absolute Gasteiger partial charge is 0.358 e. The molecule has 3 rings (SSSR count). The Morgan fingerprint density at radius 1 is 1.25 bits per heavy atom. The summed E-state index contributed by atoms with van der Waals surface area (Å²) in [7, 11) is 0. The van der Waals surface area contributed by atoms with Crippen molar-refractivity contribution in [1.29, 1.82) is 5.26 Å². The number of esters is 1. The minimum atomic E-state index is -0.490. The Hall–Kier alpha value is -3.11. The number of imidazole rings is 1. The van der Waals surface area contributed by atoms with Gasteiger partial charge in [-0.05, 0) is 43.7 Å². The fourth-order valence-corrected chi connectivity index (χ4v) is 2.95. The average molecular weight is 440 g/mol. The van der Waals surface area contributed by atoms with E-state index in [1.165, 1.54) is 0 Å². The van der Waals surface area contributed by atoms with Crippen LogP contribution in [-0.2, 0) is 11.3 Å². The first kappa shape index (κ1) is 19.6. The van der Waals surface area contributed by atoms with E-state index >= 15 is 0 Å². The van der Waals surface area contributed by atoms with Crippen LogP contribution >= 0.6 is 15.9 Å². The van der Waals surface area contributed by atoms with E-state index in [9.17, 15) is 10.1 Å². The highest BCUT2D eigenvalue weighted by Crippen LogP contribution is 2.33. The highest BCUT2D eigenvalue weighted by molar-refractivity contribution is 9.10. The number of carbonyl (C=O) groups is 1. The molecule has 0 saturated heterocycles. The quantitative estimate of drug-likeness (QED) is 0.558. The van der Waals surface area contributed by atoms with E-state index in [0.717, 1.165) is 10.0 Å². The summed E-state index contributed by atoms with van der Waals surface area (Å²) in [5, 5.41) is 9.50. The summed E-state index contributed by atoms with van der Waals surface area (Å²) in [5.41, 5.74) is 2.77. The molecule has 28 heavy (non-hydrogen) atoms. The van der Waals surface area contributed by atoms with Crippen molar-refractivity contribution in [3.05, 3.63) is 69.5 Å². The molecule has 0 aliphatic carbocycles. The molecule has 0 radical (unpaired) electrons. The van der Waals surface area contributed by atoms with Crippen LogP contribution in [0.5, 0.6) is 5.75 Å². The molecule has 0 spiro atoms. The van der Waals surface area contributed by atoms with Gasteiger partial charge >= 0.3 is 5.97 Å². The highest BCUT2D eigenvalue weighted by atomic mass is 79.9. The minimum absolute atomic E-state index is 0.220. The van der Waals surface area contributed by atoms with Gasteiger partial charge < -0.3 is 14.5 Å². The lowest BCUT2D eigenvalue weighted by Crippen LogP contribution is -2.06. The Bertz CT molecular complexity index is 1040. The number of carbonyl (C=O) groups excluding carboxylic acids is 1. The van der Waals surface area contributed by atoms with Gasteiger partial charge in [-0.2, -0.15) is 5.26 Å². The van der Waals surface area contributed by atoms with E-state index in [0.29, 0.717) is 35.0 Å². The van der Waals surface area contributed by atoms with E-state index in [-0.39, 0.29) is 12.3 Å². The molecule has 7 heteroatoms. The number of nitrogens with one attached hydrogen (secondary N) is 1. The second kappa shape index (κ2) is 8.72. The van der Waals surface area contributed by atoms with Crippen LogP contribution in [0.2, 0.25) is 0 Å². The maximum Gasteiger partial charge on any atom is 0.358 e. The molecule has 0 aliphatic heterocycles. The average Bonchev–Trinajstić information content (AvgIpc) is 3.09.